The molecule has 6 nitrogen and oxygen atoms in total. The van der Waals surface area contributed by atoms with E-state index in [-0.39, 0.29) is 5.75 Å². The van der Waals surface area contributed by atoms with E-state index < -0.39 is 5.97 Å². The highest BCUT2D eigenvalue weighted by Crippen LogP contribution is 2.27. The van der Waals surface area contributed by atoms with E-state index in [1.165, 1.54) is 0 Å². The van der Waals surface area contributed by atoms with Gasteiger partial charge in [-0.15, -0.1) is 10.2 Å². The first-order valence-electron chi connectivity index (χ1n) is 6.90. The molecule has 3 aromatic rings. The van der Waals surface area contributed by atoms with Crippen LogP contribution in [0.3, 0.4) is 0 Å². The van der Waals surface area contributed by atoms with Gasteiger partial charge in [-0.1, -0.05) is 29.5 Å². The molecule has 0 aliphatic rings. The fourth-order valence-electron chi connectivity index (χ4n) is 2.10. The number of carbonyl (C=O) groups is 1. The van der Waals surface area contributed by atoms with Gasteiger partial charge in [0.15, 0.2) is 11.0 Å². The molecule has 0 N–H and O–H groups in total. The molecule has 0 atom stereocenters. The lowest BCUT2D eigenvalue weighted by Crippen LogP contribution is -2.24. The molecule has 1 aromatic carbocycles. The van der Waals surface area contributed by atoms with Crippen LogP contribution in [-0.2, 0) is 4.79 Å². The number of pyridine rings is 1. The Labute approximate surface area is 137 Å². The number of nitrogens with zero attached hydrogens (tertiary/aromatic N) is 4. The van der Waals surface area contributed by atoms with E-state index in [0.717, 1.165) is 28.6 Å². The second-order valence-corrected chi connectivity index (χ2v) is 5.82. The van der Waals surface area contributed by atoms with E-state index in [1.54, 1.807) is 12.4 Å². The van der Waals surface area contributed by atoms with E-state index in [0.29, 0.717) is 11.0 Å². The molecule has 0 unspecified atom stereocenters. The molecule has 7 heteroatoms. The number of aromatic nitrogens is 4. The summed E-state index contributed by atoms with van der Waals surface area (Å²) < 4.78 is 1.82. The Hall–Kier alpha value is -2.67. The van der Waals surface area contributed by atoms with Crippen LogP contribution in [-0.4, -0.2) is 31.5 Å². The summed E-state index contributed by atoms with van der Waals surface area (Å²) in [5.41, 5.74) is 2.80. The third kappa shape index (κ3) is 3.40. The van der Waals surface area contributed by atoms with Gasteiger partial charge in [0, 0.05) is 29.4 Å². The van der Waals surface area contributed by atoms with Crippen LogP contribution in [0.4, 0.5) is 0 Å². The number of aryl methyl sites for hydroxylation is 1. The minimum atomic E-state index is -1.14. The van der Waals surface area contributed by atoms with Crippen molar-refractivity contribution in [2.45, 2.75) is 12.1 Å². The first-order valence-corrected chi connectivity index (χ1v) is 7.89. The van der Waals surface area contributed by atoms with Gasteiger partial charge in [0.1, 0.15) is 0 Å². The Kier molecular flexibility index (Phi) is 4.38. The van der Waals surface area contributed by atoms with Gasteiger partial charge >= 0.3 is 0 Å². The number of carboxylic acids is 1. The Bertz CT molecular complexity index is 816. The van der Waals surface area contributed by atoms with Gasteiger partial charge in [0.05, 0.1) is 5.97 Å². The molecule has 0 bridgehead atoms. The number of carboxylic acid groups (broad SMARTS) is 1. The minimum Gasteiger partial charge on any atom is -0.549 e. The molecule has 0 saturated heterocycles. The van der Waals surface area contributed by atoms with Crippen molar-refractivity contribution in [3.63, 3.8) is 0 Å². The third-order valence-corrected chi connectivity index (χ3v) is 4.07. The van der Waals surface area contributed by atoms with E-state index in [9.17, 15) is 9.90 Å². The van der Waals surface area contributed by atoms with Crippen molar-refractivity contribution in [2.24, 2.45) is 0 Å². The quantitative estimate of drug-likeness (QED) is 0.661. The molecule has 23 heavy (non-hydrogen) atoms. The molecule has 0 spiro atoms. The average molecular weight is 325 g/mol. The molecule has 0 amide bonds. The van der Waals surface area contributed by atoms with Crippen molar-refractivity contribution < 1.29 is 9.90 Å². The lowest BCUT2D eigenvalue weighted by atomic mass is 10.2. The number of thioether (sulfide) groups is 1. The molecule has 0 aliphatic carbocycles. The predicted octanol–water partition coefficient (Wildman–Crippen LogP) is 1.48. The maximum Gasteiger partial charge on any atom is 0.196 e. The standard InChI is InChI=1S/C16H14N4O2S/c1-11-4-6-13(7-5-11)20-15(12-3-2-8-17-9-12)18-19-16(20)23-10-14(21)22/h2-9H,10H2,1H3,(H,21,22)/p-1. The van der Waals surface area contributed by atoms with Gasteiger partial charge in [0.2, 0.25) is 0 Å². The van der Waals surface area contributed by atoms with E-state index in [4.69, 9.17) is 0 Å². The molecule has 2 aromatic heterocycles. The van der Waals surface area contributed by atoms with Gasteiger partial charge in [0.25, 0.3) is 0 Å². The second kappa shape index (κ2) is 6.62. The number of benzene rings is 1. The Morgan fingerprint density at radius 3 is 2.65 bits per heavy atom. The topological polar surface area (TPSA) is 83.7 Å². The van der Waals surface area contributed by atoms with Gasteiger partial charge in [-0.05, 0) is 31.2 Å². The first-order chi connectivity index (χ1) is 11.1. The summed E-state index contributed by atoms with van der Waals surface area (Å²) in [5, 5.41) is 19.6. The molecule has 0 saturated carbocycles. The summed E-state index contributed by atoms with van der Waals surface area (Å²) in [5.74, 6) is -0.712. The zero-order valence-corrected chi connectivity index (χ0v) is 13.2. The van der Waals surface area contributed by atoms with E-state index in [1.807, 2.05) is 47.9 Å². The number of carbonyl (C=O) groups excluding carboxylic acids is 1. The molecule has 0 aliphatic heterocycles. The van der Waals surface area contributed by atoms with E-state index >= 15 is 0 Å². The largest absolute Gasteiger partial charge is 0.549 e. The minimum absolute atomic E-state index is 0.183. The summed E-state index contributed by atoms with van der Waals surface area (Å²) in [6.07, 6.45) is 3.38. The van der Waals surface area contributed by atoms with Gasteiger partial charge in [-0.2, -0.15) is 0 Å². The van der Waals surface area contributed by atoms with Gasteiger partial charge < -0.3 is 9.90 Å². The van der Waals surface area contributed by atoms with Crippen molar-refractivity contribution in [3.05, 3.63) is 54.4 Å². The number of hydrogen-bond donors (Lipinski definition) is 0. The fourth-order valence-corrected chi connectivity index (χ4v) is 2.76. The van der Waals surface area contributed by atoms with Crippen LogP contribution < -0.4 is 5.11 Å². The molecular weight excluding hydrogens is 312 g/mol. The average Bonchev–Trinajstić information content (AvgIpc) is 2.98. The van der Waals surface area contributed by atoms with Crippen molar-refractivity contribution in [1.82, 2.24) is 19.7 Å². The van der Waals surface area contributed by atoms with Gasteiger partial charge in [-0.3, -0.25) is 9.55 Å². The molecule has 116 valence electrons. The van der Waals surface area contributed by atoms with Crippen LogP contribution in [0.5, 0.6) is 0 Å². The maximum atomic E-state index is 10.7. The van der Waals surface area contributed by atoms with Crippen LogP contribution in [0, 0.1) is 6.92 Å². The summed E-state index contributed by atoms with van der Waals surface area (Å²) >= 11 is 1.08. The molecule has 0 radical (unpaired) electrons. The summed E-state index contributed by atoms with van der Waals surface area (Å²) in [6, 6.07) is 11.6. The number of hydrogen-bond acceptors (Lipinski definition) is 6. The zero-order valence-electron chi connectivity index (χ0n) is 12.3. The fraction of sp³-hybridized carbons (Fsp3) is 0.125. The Morgan fingerprint density at radius 1 is 1.22 bits per heavy atom. The second-order valence-electron chi connectivity index (χ2n) is 4.88. The van der Waals surface area contributed by atoms with Crippen LogP contribution in [0.2, 0.25) is 0 Å². The summed E-state index contributed by atoms with van der Waals surface area (Å²) in [7, 11) is 0. The monoisotopic (exact) mass is 325 g/mol. The normalized spacial score (nSPS) is 10.7. The number of rotatable bonds is 5. The van der Waals surface area contributed by atoms with Crippen LogP contribution in [0.25, 0.3) is 17.1 Å². The van der Waals surface area contributed by atoms with Crippen molar-refractivity contribution >= 4 is 17.7 Å². The van der Waals surface area contributed by atoms with Crippen LogP contribution >= 0.6 is 11.8 Å². The predicted molar refractivity (Wildman–Crippen MR) is 85.1 cm³/mol. The molecule has 3 rings (SSSR count). The lowest BCUT2D eigenvalue weighted by molar-refractivity contribution is -0.301. The highest BCUT2D eigenvalue weighted by Gasteiger charge is 2.16. The Balaban J connectivity index is 2.10. The molecule has 0 fully saturated rings. The molecule has 2 heterocycles. The maximum absolute atomic E-state index is 10.7. The Morgan fingerprint density at radius 2 is 2.00 bits per heavy atom. The lowest BCUT2D eigenvalue weighted by Gasteiger charge is -2.10. The van der Waals surface area contributed by atoms with Crippen molar-refractivity contribution in [2.75, 3.05) is 5.75 Å². The van der Waals surface area contributed by atoms with Crippen LogP contribution in [0.1, 0.15) is 5.56 Å². The van der Waals surface area contributed by atoms with E-state index in [2.05, 4.69) is 15.2 Å². The molecular formula is C16H13N4O2S-. The van der Waals surface area contributed by atoms with Crippen molar-refractivity contribution in [1.29, 1.82) is 0 Å². The highest BCUT2D eigenvalue weighted by atomic mass is 32.2. The first kappa shape index (κ1) is 15.2. The SMILES string of the molecule is Cc1ccc(-n2c(SCC(=O)[O-])nnc2-c2cccnc2)cc1. The third-order valence-electron chi connectivity index (χ3n) is 3.16. The highest BCUT2D eigenvalue weighted by molar-refractivity contribution is 7.99. The summed E-state index contributed by atoms with van der Waals surface area (Å²) in [4.78, 5) is 14.8. The smallest absolute Gasteiger partial charge is 0.196 e. The zero-order chi connectivity index (χ0) is 16.2. The number of aliphatic carboxylic acids is 1. The van der Waals surface area contributed by atoms with Crippen LogP contribution in [0.15, 0.2) is 53.9 Å². The summed E-state index contributed by atoms with van der Waals surface area (Å²) in [6.45, 7) is 2.00. The van der Waals surface area contributed by atoms with Gasteiger partial charge in [-0.25, -0.2) is 0 Å². The van der Waals surface area contributed by atoms with Crippen molar-refractivity contribution in [3.8, 4) is 17.1 Å².